The normalized spacial score (nSPS) is 14.2. The second-order valence-corrected chi connectivity index (χ2v) is 5.25. The molecule has 1 amide bonds. The Kier molecular flexibility index (Phi) is 4.19. The molecule has 1 aromatic rings. The molecule has 1 aromatic heterocycles. The van der Waals surface area contributed by atoms with E-state index in [1.54, 1.807) is 6.07 Å². The van der Waals surface area contributed by atoms with Crippen LogP contribution >= 0.6 is 11.8 Å². The van der Waals surface area contributed by atoms with E-state index in [0.29, 0.717) is 18.2 Å². The molecule has 5 nitrogen and oxygen atoms in total. The molecule has 1 aliphatic rings. The molecule has 0 unspecified atom stereocenters. The summed E-state index contributed by atoms with van der Waals surface area (Å²) in [6, 6.07) is 3.57. The second kappa shape index (κ2) is 5.86. The highest BCUT2D eigenvalue weighted by Gasteiger charge is 2.22. The third kappa shape index (κ3) is 4.03. The van der Waals surface area contributed by atoms with E-state index in [2.05, 4.69) is 10.3 Å². The van der Waals surface area contributed by atoms with Crippen molar-refractivity contribution in [3.8, 4) is 0 Å². The largest absolute Gasteiger partial charge is 0.478 e. The van der Waals surface area contributed by atoms with Crippen molar-refractivity contribution in [1.29, 1.82) is 0 Å². The molecule has 1 heterocycles. The molecule has 1 saturated carbocycles. The molecule has 0 aromatic carbocycles. The molecular weight excluding hydrogens is 252 g/mol. The van der Waals surface area contributed by atoms with Gasteiger partial charge < -0.3 is 10.4 Å². The van der Waals surface area contributed by atoms with E-state index in [0.717, 1.165) is 17.9 Å². The quantitative estimate of drug-likeness (QED) is 0.763. The van der Waals surface area contributed by atoms with E-state index in [-0.39, 0.29) is 11.5 Å². The predicted molar refractivity (Wildman–Crippen MR) is 67.7 cm³/mol. The predicted octanol–water partition coefficient (Wildman–Crippen LogP) is 1.54. The Labute approximate surface area is 109 Å². The number of nitrogens with one attached hydrogen (secondary N) is 1. The van der Waals surface area contributed by atoms with Crippen molar-refractivity contribution in [3.63, 3.8) is 0 Å². The van der Waals surface area contributed by atoms with Crippen molar-refractivity contribution in [3.05, 3.63) is 23.9 Å². The van der Waals surface area contributed by atoms with Crippen LogP contribution in [0.4, 0.5) is 0 Å². The molecule has 0 saturated heterocycles. The molecule has 96 valence electrons. The number of carbonyl (C=O) groups excluding carboxylic acids is 1. The van der Waals surface area contributed by atoms with Gasteiger partial charge in [0.15, 0.2) is 0 Å². The number of pyridine rings is 1. The van der Waals surface area contributed by atoms with Gasteiger partial charge in [-0.1, -0.05) is 0 Å². The minimum absolute atomic E-state index is 0.0761. The molecule has 0 atom stereocenters. The van der Waals surface area contributed by atoms with E-state index < -0.39 is 5.97 Å². The monoisotopic (exact) mass is 266 g/mol. The molecule has 0 aliphatic heterocycles. The number of rotatable bonds is 6. The fourth-order valence-electron chi connectivity index (χ4n) is 1.37. The smallest absolute Gasteiger partial charge is 0.337 e. The van der Waals surface area contributed by atoms with E-state index in [1.807, 2.05) is 0 Å². The summed E-state index contributed by atoms with van der Waals surface area (Å²) < 4.78 is 0. The lowest BCUT2D eigenvalue weighted by atomic mass is 10.3. The van der Waals surface area contributed by atoms with Crippen LogP contribution in [-0.4, -0.2) is 33.8 Å². The molecule has 6 heteroatoms. The number of aromatic nitrogens is 1. The van der Waals surface area contributed by atoms with Gasteiger partial charge in [-0.05, 0) is 25.0 Å². The van der Waals surface area contributed by atoms with Crippen LogP contribution in [0.25, 0.3) is 0 Å². The van der Waals surface area contributed by atoms with Gasteiger partial charge in [-0.2, -0.15) is 0 Å². The Morgan fingerprint density at radius 1 is 1.44 bits per heavy atom. The number of thioether (sulfide) groups is 1. The number of aromatic carboxylic acids is 1. The number of carboxylic acid groups (broad SMARTS) is 1. The Balaban J connectivity index is 1.72. The molecule has 0 spiro atoms. The van der Waals surface area contributed by atoms with Gasteiger partial charge in [0.05, 0.1) is 10.6 Å². The van der Waals surface area contributed by atoms with Gasteiger partial charge in [-0.15, -0.1) is 11.8 Å². The number of nitrogens with zero attached hydrogens (tertiary/aromatic N) is 1. The lowest BCUT2D eigenvalue weighted by molar-refractivity contribution is -0.120. The molecule has 0 bridgehead atoms. The minimum atomic E-state index is -0.983. The van der Waals surface area contributed by atoms with Crippen LogP contribution in [0, 0.1) is 0 Å². The van der Waals surface area contributed by atoms with Crippen molar-refractivity contribution in [2.75, 3.05) is 5.75 Å². The lowest BCUT2D eigenvalue weighted by Gasteiger charge is -2.03. The van der Waals surface area contributed by atoms with Crippen LogP contribution < -0.4 is 5.32 Å². The standard InChI is InChI=1S/C12H14N2O3S/c15-10(14-9-2-3-9)5-6-18-11-4-1-8(7-13-11)12(16)17/h1,4,7,9H,2-3,5-6H2,(H,14,15)(H,16,17). The Morgan fingerprint density at radius 3 is 2.78 bits per heavy atom. The number of hydrogen-bond donors (Lipinski definition) is 2. The van der Waals surface area contributed by atoms with Crippen molar-refractivity contribution in [2.24, 2.45) is 0 Å². The van der Waals surface area contributed by atoms with Crippen LogP contribution in [0.5, 0.6) is 0 Å². The van der Waals surface area contributed by atoms with Gasteiger partial charge in [-0.3, -0.25) is 4.79 Å². The van der Waals surface area contributed by atoms with Crippen LogP contribution in [0.3, 0.4) is 0 Å². The summed E-state index contributed by atoms with van der Waals surface area (Å²) in [7, 11) is 0. The van der Waals surface area contributed by atoms with Gasteiger partial charge in [0, 0.05) is 24.4 Å². The van der Waals surface area contributed by atoms with Crippen LogP contribution in [0.1, 0.15) is 29.6 Å². The van der Waals surface area contributed by atoms with Crippen molar-refractivity contribution >= 4 is 23.6 Å². The lowest BCUT2D eigenvalue weighted by Crippen LogP contribution is -2.25. The first-order valence-electron chi connectivity index (χ1n) is 5.76. The van der Waals surface area contributed by atoms with Gasteiger partial charge >= 0.3 is 5.97 Å². The average molecular weight is 266 g/mol. The zero-order valence-electron chi connectivity index (χ0n) is 9.76. The first kappa shape index (κ1) is 12.9. The molecule has 2 N–H and O–H groups in total. The second-order valence-electron chi connectivity index (χ2n) is 4.13. The van der Waals surface area contributed by atoms with Crippen molar-refractivity contribution in [2.45, 2.75) is 30.3 Å². The molecule has 18 heavy (non-hydrogen) atoms. The number of carboxylic acids is 1. The first-order chi connectivity index (χ1) is 8.65. The number of amides is 1. The third-order valence-corrected chi connectivity index (χ3v) is 3.45. The van der Waals surface area contributed by atoms with E-state index >= 15 is 0 Å². The zero-order valence-corrected chi connectivity index (χ0v) is 10.6. The summed E-state index contributed by atoms with van der Waals surface area (Å²) in [6.07, 6.45) is 3.98. The third-order valence-electron chi connectivity index (χ3n) is 2.50. The van der Waals surface area contributed by atoms with Crippen LogP contribution in [0.15, 0.2) is 23.4 Å². The summed E-state index contributed by atoms with van der Waals surface area (Å²) in [5.41, 5.74) is 0.172. The Hall–Kier alpha value is -1.56. The average Bonchev–Trinajstić information content (AvgIpc) is 3.13. The van der Waals surface area contributed by atoms with E-state index in [4.69, 9.17) is 5.11 Å². The molecule has 0 radical (unpaired) electrons. The zero-order chi connectivity index (χ0) is 13.0. The molecule has 1 aliphatic carbocycles. The summed E-state index contributed by atoms with van der Waals surface area (Å²) in [6.45, 7) is 0. The maximum absolute atomic E-state index is 11.4. The summed E-state index contributed by atoms with van der Waals surface area (Å²) in [5.74, 6) is -0.257. The fraction of sp³-hybridized carbons (Fsp3) is 0.417. The maximum Gasteiger partial charge on any atom is 0.337 e. The highest BCUT2D eigenvalue weighted by molar-refractivity contribution is 7.99. The highest BCUT2D eigenvalue weighted by Crippen LogP contribution is 2.20. The Morgan fingerprint density at radius 2 is 2.22 bits per heavy atom. The summed E-state index contributed by atoms with van der Waals surface area (Å²) in [4.78, 5) is 26.0. The summed E-state index contributed by atoms with van der Waals surface area (Å²) >= 11 is 1.45. The van der Waals surface area contributed by atoms with Gasteiger partial charge in [0.25, 0.3) is 0 Å². The van der Waals surface area contributed by atoms with Crippen LogP contribution in [-0.2, 0) is 4.79 Å². The molecular formula is C12H14N2O3S. The summed E-state index contributed by atoms with van der Waals surface area (Å²) in [5, 5.41) is 12.4. The minimum Gasteiger partial charge on any atom is -0.478 e. The highest BCUT2D eigenvalue weighted by atomic mass is 32.2. The maximum atomic E-state index is 11.4. The molecule has 2 rings (SSSR count). The topological polar surface area (TPSA) is 79.3 Å². The van der Waals surface area contributed by atoms with Crippen molar-refractivity contribution in [1.82, 2.24) is 10.3 Å². The molecule has 1 fully saturated rings. The fourth-order valence-corrected chi connectivity index (χ4v) is 2.16. The SMILES string of the molecule is O=C(CCSc1ccc(C(=O)O)cn1)NC1CC1. The van der Waals surface area contributed by atoms with E-state index in [9.17, 15) is 9.59 Å². The number of hydrogen-bond acceptors (Lipinski definition) is 4. The van der Waals surface area contributed by atoms with E-state index in [1.165, 1.54) is 24.0 Å². The van der Waals surface area contributed by atoms with Crippen molar-refractivity contribution < 1.29 is 14.7 Å². The number of carbonyl (C=O) groups is 2. The van der Waals surface area contributed by atoms with Gasteiger partial charge in [0.1, 0.15) is 0 Å². The van der Waals surface area contributed by atoms with Crippen LogP contribution in [0.2, 0.25) is 0 Å². The van der Waals surface area contributed by atoms with Gasteiger partial charge in [0.2, 0.25) is 5.91 Å². The first-order valence-corrected chi connectivity index (χ1v) is 6.75. The Bertz CT molecular complexity index is 443. The van der Waals surface area contributed by atoms with Gasteiger partial charge in [-0.25, -0.2) is 9.78 Å².